The topological polar surface area (TPSA) is 95.9 Å². The summed E-state index contributed by atoms with van der Waals surface area (Å²) >= 11 is 0. The van der Waals surface area contributed by atoms with E-state index in [0.29, 0.717) is 13.1 Å². The molecule has 7 heteroatoms. The molecule has 0 aromatic rings. The summed E-state index contributed by atoms with van der Waals surface area (Å²) in [5.41, 5.74) is 0. The maximum atomic E-state index is 13.4. The zero-order valence-electron chi connectivity index (χ0n) is 18.6. The molecule has 2 aliphatic rings. The van der Waals surface area contributed by atoms with Crippen molar-refractivity contribution < 1.29 is 24.2 Å². The van der Waals surface area contributed by atoms with E-state index in [-0.39, 0.29) is 42.8 Å². The van der Waals surface area contributed by atoms with Crippen LogP contribution in [0.3, 0.4) is 0 Å². The number of nitrogens with one attached hydrogen (secondary N) is 1. The van der Waals surface area contributed by atoms with Crippen molar-refractivity contribution in [3.63, 3.8) is 0 Å². The molecular weight excluding hydrogens is 384 g/mol. The number of unbranched alkanes of at least 4 members (excludes halogenated alkanes) is 4. The Hall–Kier alpha value is -1.89. The summed E-state index contributed by atoms with van der Waals surface area (Å²) in [6.45, 7) is 7.26. The zero-order chi connectivity index (χ0) is 22.1. The molecule has 1 aliphatic carbocycles. The quantitative estimate of drug-likeness (QED) is 0.286. The first-order valence-electron chi connectivity index (χ1n) is 11.5. The lowest BCUT2D eigenvalue weighted by molar-refractivity contribution is -0.155. The lowest BCUT2D eigenvalue weighted by atomic mass is 9.70. The van der Waals surface area contributed by atoms with E-state index >= 15 is 0 Å². The highest BCUT2D eigenvalue weighted by atomic mass is 16.5. The Morgan fingerprint density at radius 2 is 1.87 bits per heavy atom. The molecule has 30 heavy (non-hydrogen) atoms. The van der Waals surface area contributed by atoms with Crippen LogP contribution < -0.4 is 5.32 Å². The number of amides is 2. The molecule has 0 saturated carbocycles. The van der Waals surface area contributed by atoms with Crippen molar-refractivity contribution in [1.82, 2.24) is 10.2 Å². The fourth-order valence-corrected chi connectivity index (χ4v) is 4.67. The molecule has 1 fully saturated rings. The number of carbonyl (C=O) groups excluding carboxylic acids is 3. The van der Waals surface area contributed by atoms with Gasteiger partial charge in [0.1, 0.15) is 6.04 Å². The van der Waals surface area contributed by atoms with E-state index in [1.807, 2.05) is 19.1 Å². The molecule has 0 radical (unpaired) electrons. The van der Waals surface area contributed by atoms with Crippen LogP contribution in [-0.4, -0.2) is 60.1 Å². The van der Waals surface area contributed by atoms with E-state index in [0.717, 1.165) is 38.5 Å². The Morgan fingerprint density at radius 3 is 2.53 bits per heavy atom. The number of rotatable bonds is 12. The second-order valence-corrected chi connectivity index (χ2v) is 8.38. The number of nitrogens with zero attached hydrogens (tertiary/aromatic N) is 1. The van der Waals surface area contributed by atoms with Gasteiger partial charge in [-0.1, -0.05) is 45.3 Å². The number of hydrogen-bond donors (Lipinski definition) is 2. The summed E-state index contributed by atoms with van der Waals surface area (Å²) in [7, 11) is 0. The minimum absolute atomic E-state index is 0.109. The fourth-order valence-electron chi connectivity index (χ4n) is 4.67. The Balaban J connectivity index is 2.23. The SMILES string of the molecule is CCCCNC(=O)[C@@H]1[C@H]2C=C[C@@H](C)[C@@H](C(=O)OCC)[C@H]2C(=O)N1CCCCCCO. The van der Waals surface area contributed by atoms with E-state index in [2.05, 4.69) is 12.2 Å². The number of aliphatic hydroxyl groups is 1. The van der Waals surface area contributed by atoms with Gasteiger partial charge in [-0.25, -0.2) is 0 Å². The molecule has 2 amide bonds. The molecule has 1 heterocycles. The maximum absolute atomic E-state index is 13.4. The summed E-state index contributed by atoms with van der Waals surface area (Å²) in [6, 6.07) is -0.585. The molecule has 170 valence electrons. The molecule has 2 N–H and O–H groups in total. The fraction of sp³-hybridized carbons (Fsp3) is 0.783. The van der Waals surface area contributed by atoms with E-state index in [9.17, 15) is 14.4 Å². The van der Waals surface area contributed by atoms with Gasteiger partial charge in [-0.2, -0.15) is 0 Å². The largest absolute Gasteiger partial charge is 0.466 e. The van der Waals surface area contributed by atoms with Crippen LogP contribution >= 0.6 is 0 Å². The third-order valence-electron chi connectivity index (χ3n) is 6.24. The summed E-state index contributed by atoms with van der Waals surface area (Å²) in [6.07, 6.45) is 9.07. The van der Waals surface area contributed by atoms with Gasteiger partial charge in [-0.3, -0.25) is 14.4 Å². The van der Waals surface area contributed by atoms with Gasteiger partial charge in [0.2, 0.25) is 11.8 Å². The minimum atomic E-state index is -0.585. The van der Waals surface area contributed by atoms with Crippen LogP contribution in [0.15, 0.2) is 12.2 Å². The normalized spacial score (nSPS) is 27.8. The molecule has 0 aromatic carbocycles. The molecule has 0 aromatic heterocycles. The summed E-state index contributed by atoms with van der Waals surface area (Å²) < 4.78 is 5.28. The van der Waals surface area contributed by atoms with E-state index < -0.39 is 17.9 Å². The second-order valence-electron chi connectivity index (χ2n) is 8.38. The standard InChI is InChI=1S/C23H38N2O5/c1-4-6-13-24-21(27)20-17-12-11-16(3)18(23(29)30-5-2)19(17)22(28)25(20)14-9-7-8-10-15-26/h11-12,16-20,26H,4-10,13-15H2,1-3H3,(H,24,27)/t16-,17+,18-,19+,20+/m1/s1. The van der Waals surface area contributed by atoms with Gasteiger partial charge in [0.25, 0.3) is 0 Å². The number of hydrogen-bond acceptors (Lipinski definition) is 5. The highest BCUT2D eigenvalue weighted by Crippen LogP contribution is 2.44. The van der Waals surface area contributed by atoms with Gasteiger partial charge in [0.05, 0.1) is 18.4 Å². The first-order chi connectivity index (χ1) is 14.5. The van der Waals surface area contributed by atoms with Crippen LogP contribution in [0.5, 0.6) is 0 Å². The van der Waals surface area contributed by atoms with E-state index in [4.69, 9.17) is 9.84 Å². The van der Waals surface area contributed by atoms with E-state index in [1.165, 1.54) is 0 Å². The van der Waals surface area contributed by atoms with Crippen molar-refractivity contribution in [3.05, 3.63) is 12.2 Å². The first kappa shape index (κ1) is 24.4. The Bertz CT molecular complexity index is 621. The van der Waals surface area contributed by atoms with Gasteiger partial charge >= 0.3 is 5.97 Å². The number of aliphatic hydroxyl groups excluding tert-OH is 1. The Morgan fingerprint density at radius 1 is 1.13 bits per heavy atom. The van der Waals surface area contributed by atoms with Gasteiger partial charge in [-0.15, -0.1) is 0 Å². The van der Waals surface area contributed by atoms with Crippen molar-refractivity contribution in [2.45, 2.75) is 65.3 Å². The summed E-state index contributed by atoms with van der Waals surface area (Å²) in [5, 5.41) is 11.9. The third-order valence-corrected chi connectivity index (χ3v) is 6.24. The highest BCUT2D eigenvalue weighted by molar-refractivity contribution is 5.96. The van der Waals surface area contributed by atoms with Crippen molar-refractivity contribution in [1.29, 1.82) is 0 Å². The minimum Gasteiger partial charge on any atom is -0.466 e. The maximum Gasteiger partial charge on any atom is 0.310 e. The number of carbonyl (C=O) groups is 3. The van der Waals surface area contributed by atoms with Gasteiger partial charge in [0.15, 0.2) is 0 Å². The molecular formula is C23H38N2O5. The number of esters is 1. The molecule has 1 saturated heterocycles. The van der Waals surface area contributed by atoms with Crippen LogP contribution in [0.2, 0.25) is 0 Å². The molecule has 0 bridgehead atoms. The number of fused-ring (bicyclic) bond motifs is 1. The monoisotopic (exact) mass is 422 g/mol. The lowest BCUT2D eigenvalue weighted by Crippen LogP contribution is -2.47. The molecule has 0 unspecified atom stereocenters. The van der Waals surface area contributed by atoms with Crippen LogP contribution in [0.1, 0.15) is 59.3 Å². The Labute approximate surface area is 180 Å². The molecule has 2 rings (SSSR count). The number of ether oxygens (including phenoxy) is 1. The predicted molar refractivity (Wildman–Crippen MR) is 114 cm³/mol. The van der Waals surface area contributed by atoms with Crippen LogP contribution in [0.4, 0.5) is 0 Å². The molecule has 7 nitrogen and oxygen atoms in total. The molecule has 5 atom stereocenters. The second kappa shape index (κ2) is 12.1. The molecule has 1 aliphatic heterocycles. The van der Waals surface area contributed by atoms with Crippen molar-refractivity contribution in [2.75, 3.05) is 26.3 Å². The highest BCUT2D eigenvalue weighted by Gasteiger charge is 2.56. The number of allylic oxidation sites excluding steroid dienone is 1. The summed E-state index contributed by atoms with van der Waals surface area (Å²) in [4.78, 5) is 40.9. The molecule has 0 spiro atoms. The average Bonchev–Trinajstić information content (AvgIpc) is 3.00. The van der Waals surface area contributed by atoms with Crippen molar-refractivity contribution >= 4 is 17.8 Å². The Kier molecular flexibility index (Phi) is 9.82. The first-order valence-corrected chi connectivity index (χ1v) is 11.5. The van der Waals surface area contributed by atoms with Crippen LogP contribution in [-0.2, 0) is 19.1 Å². The zero-order valence-corrected chi connectivity index (χ0v) is 18.6. The van der Waals surface area contributed by atoms with Gasteiger partial charge in [0, 0.05) is 25.6 Å². The third kappa shape index (κ3) is 5.62. The van der Waals surface area contributed by atoms with Crippen LogP contribution in [0, 0.1) is 23.7 Å². The van der Waals surface area contributed by atoms with Gasteiger partial charge in [-0.05, 0) is 32.1 Å². The van der Waals surface area contributed by atoms with Crippen LogP contribution in [0.25, 0.3) is 0 Å². The predicted octanol–water partition coefficient (Wildman–Crippen LogP) is 2.28. The van der Waals surface area contributed by atoms with Crippen molar-refractivity contribution in [3.8, 4) is 0 Å². The summed E-state index contributed by atoms with van der Waals surface area (Å²) in [5.74, 6) is -2.15. The van der Waals surface area contributed by atoms with Gasteiger partial charge < -0.3 is 20.1 Å². The number of likely N-dealkylation sites (tertiary alicyclic amines) is 1. The van der Waals surface area contributed by atoms with Crippen molar-refractivity contribution in [2.24, 2.45) is 23.7 Å². The smallest absolute Gasteiger partial charge is 0.310 e. The average molecular weight is 423 g/mol. The van der Waals surface area contributed by atoms with E-state index in [1.54, 1.807) is 11.8 Å². The lowest BCUT2D eigenvalue weighted by Gasteiger charge is -2.32.